The molecule has 0 bridgehead atoms. The van der Waals surface area contributed by atoms with Gasteiger partial charge < -0.3 is 5.32 Å². The van der Waals surface area contributed by atoms with Crippen molar-refractivity contribution in [1.82, 2.24) is 19.6 Å². The van der Waals surface area contributed by atoms with E-state index in [1.807, 2.05) is 45.9 Å². The zero-order chi connectivity index (χ0) is 21.5. The number of thioether (sulfide) groups is 1. The minimum absolute atomic E-state index is 0.0250. The van der Waals surface area contributed by atoms with Gasteiger partial charge in [0.1, 0.15) is 5.01 Å². The lowest BCUT2D eigenvalue weighted by Gasteiger charge is -2.17. The average molecular weight is 460 g/mol. The summed E-state index contributed by atoms with van der Waals surface area (Å²) in [4.78, 5) is 34.3. The van der Waals surface area contributed by atoms with Crippen LogP contribution in [0.3, 0.4) is 0 Å². The van der Waals surface area contributed by atoms with E-state index in [1.165, 1.54) is 21.9 Å². The van der Waals surface area contributed by atoms with Crippen molar-refractivity contribution >= 4 is 61.2 Å². The number of fused-ring (bicyclic) bond motifs is 2. The molecule has 0 aliphatic rings. The first kappa shape index (κ1) is 21.0. The summed E-state index contributed by atoms with van der Waals surface area (Å²) < 4.78 is 3.26. The molecular formula is C20H21N5O2S3. The molecule has 3 heterocycles. The van der Waals surface area contributed by atoms with Gasteiger partial charge >= 0.3 is 0 Å². The fourth-order valence-electron chi connectivity index (χ4n) is 2.61. The predicted octanol–water partition coefficient (Wildman–Crippen LogP) is 4.60. The summed E-state index contributed by atoms with van der Waals surface area (Å²) in [5.41, 5.74) is 1.75. The van der Waals surface area contributed by atoms with Crippen molar-refractivity contribution in [2.75, 3.05) is 5.32 Å². The number of carbonyl (C=O) groups excluding carboxylic acids is 1. The molecule has 1 amide bonds. The van der Waals surface area contributed by atoms with Crippen molar-refractivity contribution in [2.45, 2.75) is 44.2 Å². The van der Waals surface area contributed by atoms with Gasteiger partial charge in [-0.05, 0) is 24.6 Å². The number of anilines is 1. The third-order valence-corrected chi connectivity index (χ3v) is 7.54. The Balaban J connectivity index is 1.51. The highest BCUT2D eigenvalue weighted by Crippen LogP contribution is 2.33. The number of rotatable bonds is 5. The second-order valence-electron chi connectivity index (χ2n) is 7.78. The van der Waals surface area contributed by atoms with Gasteiger partial charge in [-0.15, -0.1) is 11.3 Å². The Morgan fingerprint density at radius 3 is 2.73 bits per heavy atom. The average Bonchev–Trinajstić information content (AvgIpc) is 3.28. The molecule has 4 rings (SSSR count). The van der Waals surface area contributed by atoms with Crippen LogP contribution in [0.15, 0.2) is 33.4 Å². The summed E-state index contributed by atoms with van der Waals surface area (Å²) in [7, 11) is 0. The molecule has 10 heteroatoms. The van der Waals surface area contributed by atoms with Crippen molar-refractivity contribution < 1.29 is 4.79 Å². The summed E-state index contributed by atoms with van der Waals surface area (Å²) in [5, 5.41) is 8.12. The highest BCUT2D eigenvalue weighted by molar-refractivity contribution is 8.00. The Hall–Kier alpha value is -2.30. The van der Waals surface area contributed by atoms with Crippen molar-refractivity contribution in [3.8, 4) is 0 Å². The van der Waals surface area contributed by atoms with E-state index in [1.54, 1.807) is 23.1 Å². The van der Waals surface area contributed by atoms with E-state index < -0.39 is 5.41 Å². The molecule has 1 aromatic carbocycles. The summed E-state index contributed by atoms with van der Waals surface area (Å²) in [6.45, 7) is 7.66. The maximum absolute atomic E-state index is 12.3. The quantitative estimate of drug-likeness (QED) is 0.439. The molecule has 0 spiro atoms. The van der Waals surface area contributed by atoms with E-state index in [2.05, 4.69) is 20.4 Å². The molecule has 0 saturated heterocycles. The number of amides is 1. The van der Waals surface area contributed by atoms with Gasteiger partial charge in [-0.25, -0.2) is 9.97 Å². The molecule has 0 radical (unpaired) electrons. The lowest BCUT2D eigenvalue weighted by atomic mass is 9.95. The molecule has 7 nitrogen and oxygen atoms in total. The lowest BCUT2D eigenvalue weighted by Crippen LogP contribution is -2.27. The van der Waals surface area contributed by atoms with Gasteiger partial charge in [0.2, 0.25) is 10.9 Å². The largest absolute Gasteiger partial charge is 0.326 e. The normalized spacial score (nSPS) is 12.0. The number of aryl methyl sites for hydroxylation is 1. The predicted molar refractivity (Wildman–Crippen MR) is 124 cm³/mol. The van der Waals surface area contributed by atoms with Crippen LogP contribution in [0.4, 0.5) is 5.69 Å². The van der Waals surface area contributed by atoms with Crippen LogP contribution in [0.5, 0.6) is 0 Å². The first-order chi connectivity index (χ1) is 14.2. The van der Waals surface area contributed by atoms with Crippen LogP contribution in [0.2, 0.25) is 0 Å². The Morgan fingerprint density at radius 2 is 2.00 bits per heavy atom. The fourth-order valence-corrected chi connectivity index (χ4v) is 5.47. The number of nitrogens with zero attached hydrogens (tertiary/aromatic N) is 4. The van der Waals surface area contributed by atoms with E-state index in [9.17, 15) is 9.59 Å². The molecule has 156 valence electrons. The number of hydrogen-bond donors (Lipinski definition) is 1. The Kier molecular flexibility index (Phi) is 5.65. The second kappa shape index (κ2) is 8.09. The van der Waals surface area contributed by atoms with Crippen LogP contribution >= 0.6 is 34.4 Å². The molecule has 0 saturated carbocycles. The van der Waals surface area contributed by atoms with E-state index in [0.29, 0.717) is 16.4 Å². The molecule has 3 aromatic heterocycles. The van der Waals surface area contributed by atoms with Crippen LogP contribution in [-0.2, 0) is 17.0 Å². The molecule has 0 aliphatic heterocycles. The fraction of sp³-hybridized carbons (Fsp3) is 0.350. The minimum Gasteiger partial charge on any atom is -0.326 e. The van der Waals surface area contributed by atoms with Gasteiger partial charge in [-0.3, -0.25) is 9.59 Å². The number of hydrogen-bond acceptors (Lipinski definition) is 8. The smallest absolute Gasteiger partial charge is 0.275 e. The second-order valence-corrected chi connectivity index (χ2v) is 11.1. The van der Waals surface area contributed by atoms with Crippen molar-refractivity contribution in [1.29, 1.82) is 0 Å². The first-order valence-corrected chi connectivity index (χ1v) is 12.1. The molecule has 0 aliphatic carbocycles. The van der Waals surface area contributed by atoms with Gasteiger partial charge in [0.25, 0.3) is 5.56 Å². The van der Waals surface area contributed by atoms with Crippen LogP contribution in [0.25, 0.3) is 15.2 Å². The summed E-state index contributed by atoms with van der Waals surface area (Å²) in [5.74, 6) is 0.529. The SMILES string of the molecule is CCc1nn2c(=O)cc(CSc3nc4ccc(NC(=O)C(C)(C)C)cc4s3)nc2s1. The Labute approximate surface area is 185 Å². The van der Waals surface area contributed by atoms with E-state index >= 15 is 0 Å². The van der Waals surface area contributed by atoms with E-state index in [-0.39, 0.29) is 11.5 Å². The van der Waals surface area contributed by atoms with Crippen LogP contribution < -0.4 is 10.9 Å². The van der Waals surface area contributed by atoms with Crippen LogP contribution in [0, 0.1) is 5.41 Å². The van der Waals surface area contributed by atoms with Gasteiger partial charge in [0.05, 0.1) is 15.9 Å². The minimum atomic E-state index is -0.452. The first-order valence-electron chi connectivity index (χ1n) is 9.46. The molecule has 0 unspecified atom stereocenters. The zero-order valence-corrected chi connectivity index (χ0v) is 19.5. The molecule has 0 atom stereocenters. The van der Waals surface area contributed by atoms with E-state index in [4.69, 9.17) is 0 Å². The van der Waals surface area contributed by atoms with Crippen LogP contribution in [0.1, 0.15) is 38.4 Å². The Bertz CT molecular complexity index is 1300. The molecule has 30 heavy (non-hydrogen) atoms. The van der Waals surface area contributed by atoms with Crippen molar-refractivity contribution in [3.63, 3.8) is 0 Å². The zero-order valence-electron chi connectivity index (χ0n) is 17.1. The Morgan fingerprint density at radius 1 is 1.20 bits per heavy atom. The summed E-state index contributed by atoms with van der Waals surface area (Å²) >= 11 is 4.55. The van der Waals surface area contributed by atoms with Gasteiger partial charge in [-0.1, -0.05) is 50.8 Å². The van der Waals surface area contributed by atoms with Gasteiger partial charge in [0.15, 0.2) is 4.34 Å². The molecule has 0 fully saturated rings. The highest BCUT2D eigenvalue weighted by Gasteiger charge is 2.21. The van der Waals surface area contributed by atoms with Gasteiger partial charge in [-0.2, -0.15) is 9.61 Å². The number of carbonyl (C=O) groups is 1. The van der Waals surface area contributed by atoms with Gasteiger partial charge in [0, 0.05) is 22.9 Å². The maximum Gasteiger partial charge on any atom is 0.275 e. The number of benzene rings is 1. The topological polar surface area (TPSA) is 89.3 Å². The summed E-state index contributed by atoms with van der Waals surface area (Å²) in [6.07, 6.45) is 0.779. The standard InChI is InChI=1S/C20H21N5O2S3/c1-5-15-24-25-16(26)9-12(22-18(25)30-15)10-28-19-23-13-7-6-11(8-14(13)29-19)21-17(27)20(2,3)4/h6-9H,5,10H2,1-4H3,(H,21,27). The summed E-state index contributed by atoms with van der Waals surface area (Å²) in [6, 6.07) is 7.26. The molecule has 4 aromatic rings. The third-order valence-electron chi connectivity index (χ3n) is 4.29. The number of nitrogens with one attached hydrogen (secondary N) is 1. The molecular weight excluding hydrogens is 438 g/mol. The van der Waals surface area contributed by atoms with Crippen molar-refractivity contribution in [3.05, 3.63) is 45.3 Å². The molecule has 1 N–H and O–H groups in total. The third kappa shape index (κ3) is 4.40. The number of thiazole rings is 1. The lowest BCUT2D eigenvalue weighted by molar-refractivity contribution is -0.123. The maximum atomic E-state index is 12.3. The highest BCUT2D eigenvalue weighted by atomic mass is 32.2. The van der Waals surface area contributed by atoms with E-state index in [0.717, 1.165) is 31.7 Å². The van der Waals surface area contributed by atoms with Crippen LogP contribution in [-0.4, -0.2) is 25.5 Å². The monoisotopic (exact) mass is 459 g/mol. The van der Waals surface area contributed by atoms with Crippen molar-refractivity contribution in [2.24, 2.45) is 5.41 Å². The number of aromatic nitrogens is 4.